The summed E-state index contributed by atoms with van der Waals surface area (Å²) in [6.07, 6.45) is 7.95. The van der Waals surface area contributed by atoms with Gasteiger partial charge in [0.05, 0.1) is 36.8 Å². The highest BCUT2D eigenvalue weighted by Crippen LogP contribution is 2.34. The van der Waals surface area contributed by atoms with Crippen molar-refractivity contribution in [3.8, 4) is 11.3 Å². The Labute approximate surface area is 232 Å². The SMILES string of the molecule is C=C(Nc1ccc2c(c1)NC(=O)CC/C=C/C[C@H](N1CCC(c3cccc(Cl)c3)NC1=O)c1ncc-2[nH]1)OC. The van der Waals surface area contributed by atoms with Crippen LogP contribution in [-0.4, -0.2) is 40.5 Å². The summed E-state index contributed by atoms with van der Waals surface area (Å²) < 4.78 is 5.12. The second-order valence-electron chi connectivity index (χ2n) is 9.54. The first-order valence-electron chi connectivity index (χ1n) is 12.9. The quantitative estimate of drug-likeness (QED) is 0.227. The van der Waals surface area contributed by atoms with Crippen molar-refractivity contribution in [1.82, 2.24) is 20.2 Å². The molecule has 1 fully saturated rings. The van der Waals surface area contributed by atoms with Crippen LogP contribution in [0.25, 0.3) is 11.3 Å². The average molecular weight is 547 g/mol. The second-order valence-corrected chi connectivity index (χ2v) is 9.98. The van der Waals surface area contributed by atoms with Gasteiger partial charge >= 0.3 is 6.03 Å². The molecule has 5 rings (SSSR count). The minimum atomic E-state index is -0.297. The molecule has 10 heteroatoms. The van der Waals surface area contributed by atoms with Gasteiger partial charge in [-0.1, -0.05) is 35.9 Å². The van der Waals surface area contributed by atoms with Crippen LogP contribution in [0, 0.1) is 0 Å². The van der Waals surface area contributed by atoms with Gasteiger partial charge in [0, 0.05) is 29.2 Å². The zero-order chi connectivity index (χ0) is 27.4. The number of fused-ring (bicyclic) bond motifs is 4. The Hall–Kier alpha value is -4.24. The number of nitrogens with one attached hydrogen (secondary N) is 4. The number of methoxy groups -OCH3 is 1. The number of ether oxygens (including phenoxy) is 1. The first-order chi connectivity index (χ1) is 18.9. The summed E-state index contributed by atoms with van der Waals surface area (Å²) in [6.45, 7) is 4.36. The van der Waals surface area contributed by atoms with Crippen LogP contribution in [0.3, 0.4) is 0 Å². The van der Waals surface area contributed by atoms with Gasteiger partial charge in [-0.3, -0.25) is 4.79 Å². The van der Waals surface area contributed by atoms with Crippen LogP contribution >= 0.6 is 11.6 Å². The third-order valence-corrected chi connectivity index (χ3v) is 7.17. The number of nitrogens with zero attached hydrogens (tertiary/aromatic N) is 2. The maximum absolute atomic E-state index is 13.3. The molecule has 2 aliphatic rings. The summed E-state index contributed by atoms with van der Waals surface area (Å²) in [4.78, 5) is 36.0. The fourth-order valence-corrected chi connectivity index (χ4v) is 5.12. The molecule has 1 saturated heterocycles. The van der Waals surface area contributed by atoms with Crippen molar-refractivity contribution >= 4 is 34.9 Å². The van der Waals surface area contributed by atoms with Crippen molar-refractivity contribution in [2.24, 2.45) is 0 Å². The fraction of sp³-hybridized carbons (Fsp3) is 0.276. The number of carbonyl (C=O) groups is 2. The Bertz CT molecular complexity index is 1420. The summed E-state index contributed by atoms with van der Waals surface area (Å²) in [5.74, 6) is 0.972. The number of anilines is 2. The monoisotopic (exact) mass is 546 g/mol. The van der Waals surface area contributed by atoms with Crippen LogP contribution in [0.2, 0.25) is 5.02 Å². The number of halogens is 1. The number of allylic oxidation sites excluding steroid dienone is 1. The minimum absolute atomic E-state index is 0.0957. The van der Waals surface area contributed by atoms with Gasteiger partial charge in [-0.25, -0.2) is 9.78 Å². The zero-order valence-electron chi connectivity index (χ0n) is 21.7. The molecule has 2 aromatic carbocycles. The highest BCUT2D eigenvalue weighted by Gasteiger charge is 2.33. The fourth-order valence-electron chi connectivity index (χ4n) is 4.92. The Morgan fingerprint density at radius 1 is 1.21 bits per heavy atom. The number of rotatable bonds is 5. The molecule has 1 unspecified atom stereocenters. The molecule has 3 aromatic rings. The maximum atomic E-state index is 13.3. The van der Waals surface area contributed by atoms with Crippen molar-refractivity contribution in [1.29, 1.82) is 0 Å². The van der Waals surface area contributed by atoms with E-state index in [-0.39, 0.29) is 24.0 Å². The van der Waals surface area contributed by atoms with E-state index in [0.717, 1.165) is 28.9 Å². The molecule has 0 spiro atoms. The molecule has 1 aromatic heterocycles. The first kappa shape index (κ1) is 26.4. The van der Waals surface area contributed by atoms with Crippen LogP contribution in [0.4, 0.5) is 16.2 Å². The number of aromatic amines is 1. The molecule has 0 radical (unpaired) electrons. The van der Waals surface area contributed by atoms with Crippen molar-refractivity contribution in [2.75, 3.05) is 24.3 Å². The van der Waals surface area contributed by atoms with E-state index in [2.05, 4.69) is 32.5 Å². The van der Waals surface area contributed by atoms with Gasteiger partial charge in [0.25, 0.3) is 0 Å². The Morgan fingerprint density at radius 3 is 2.87 bits per heavy atom. The van der Waals surface area contributed by atoms with E-state index < -0.39 is 0 Å². The Morgan fingerprint density at radius 2 is 2.08 bits per heavy atom. The molecular weight excluding hydrogens is 516 g/mol. The van der Waals surface area contributed by atoms with Gasteiger partial charge in [-0.2, -0.15) is 0 Å². The van der Waals surface area contributed by atoms with Crippen LogP contribution in [0.1, 0.15) is 49.2 Å². The number of hydrogen-bond acceptors (Lipinski definition) is 5. The molecule has 0 saturated carbocycles. The third kappa shape index (κ3) is 6.09. The van der Waals surface area contributed by atoms with Crippen molar-refractivity contribution < 1.29 is 14.3 Å². The first-order valence-corrected chi connectivity index (χ1v) is 13.3. The lowest BCUT2D eigenvalue weighted by Gasteiger charge is -2.37. The molecule has 3 amide bonds. The maximum Gasteiger partial charge on any atom is 0.318 e. The van der Waals surface area contributed by atoms with Crippen LogP contribution in [0.15, 0.2) is 73.3 Å². The Balaban J connectivity index is 1.43. The summed E-state index contributed by atoms with van der Waals surface area (Å²) in [6, 6.07) is 12.6. The summed E-state index contributed by atoms with van der Waals surface area (Å²) in [7, 11) is 1.53. The van der Waals surface area contributed by atoms with Crippen LogP contribution in [0.5, 0.6) is 0 Å². The van der Waals surface area contributed by atoms with E-state index in [4.69, 9.17) is 16.3 Å². The van der Waals surface area contributed by atoms with E-state index in [1.165, 1.54) is 7.11 Å². The summed E-state index contributed by atoms with van der Waals surface area (Å²) in [5.41, 5.74) is 3.86. The van der Waals surface area contributed by atoms with Crippen molar-refractivity contribution in [2.45, 2.75) is 37.8 Å². The number of urea groups is 1. The lowest BCUT2D eigenvalue weighted by Crippen LogP contribution is -2.49. The molecule has 2 bridgehead atoms. The van der Waals surface area contributed by atoms with E-state index in [1.54, 1.807) is 6.20 Å². The molecule has 3 heterocycles. The van der Waals surface area contributed by atoms with E-state index in [1.807, 2.05) is 59.5 Å². The number of carbonyl (C=O) groups excluding carboxylic acids is 2. The number of H-pyrrole nitrogens is 1. The van der Waals surface area contributed by atoms with Gasteiger partial charge in [0.15, 0.2) is 5.88 Å². The highest BCUT2D eigenvalue weighted by molar-refractivity contribution is 6.30. The number of amides is 3. The number of aromatic nitrogens is 2. The molecule has 0 aliphatic carbocycles. The molecule has 9 nitrogen and oxygen atoms in total. The highest BCUT2D eigenvalue weighted by atomic mass is 35.5. The predicted octanol–water partition coefficient (Wildman–Crippen LogP) is 6.14. The minimum Gasteiger partial charge on any atom is -0.483 e. The van der Waals surface area contributed by atoms with E-state index in [9.17, 15) is 9.59 Å². The number of hydrogen-bond donors (Lipinski definition) is 4. The number of benzene rings is 2. The largest absolute Gasteiger partial charge is 0.483 e. The standard InChI is InChI=1S/C29H31ClN6O3/c1-18(39-2)32-21-11-12-22-24(16-21)33-27(37)10-5-3-4-9-26(28-31-17-25(22)34-28)36-14-13-23(35-29(36)38)19-7-6-8-20(30)15-19/h3-4,6-8,11-12,15-17,23,26,32H,1,5,9-10,13-14H2,2H3,(H,31,34)(H,33,37)(H,35,38)/b4-3+/t23?,26-/m0/s1. The Kier molecular flexibility index (Phi) is 7.88. The van der Waals surface area contributed by atoms with Gasteiger partial charge in [-0.05, 0) is 61.7 Å². The van der Waals surface area contributed by atoms with E-state index >= 15 is 0 Å². The second kappa shape index (κ2) is 11.7. The zero-order valence-corrected chi connectivity index (χ0v) is 22.4. The molecule has 202 valence electrons. The van der Waals surface area contributed by atoms with Crippen molar-refractivity contribution in [3.05, 3.63) is 89.7 Å². The average Bonchev–Trinajstić information content (AvgIpc) is 3.40. The predicted molar refractivity (Wildman–Crippen MR) is 152 cm³/mol. The summed E-state index contributed by atoms with van der Waals surface area (Å²) in [5, 5.41) is 9.86. The van der Waals surface area contributed by atoms with Gasteiger partial charge < -0.3 is 30.6 Å². The third-order valence-electron chi connectivity index (χ3n) is 6.93. The summed E-state index contributed by atoms with van der Waals surface area (Å²) >= 11 is 6.18. The van der Waals surface area contributed by atoms with E-state index in [0.29, 0.717) is 48.2 Å². The smallest absolute Gasteiger partial charge is 0.318 e. The van der Waals surface area contributed by atoms with Gasteiger partial charge in [0.2, 0.25) is 5.91 Å². The van der Waals surface area contributed by atoms with Crippen LogP contribution in [-0.2, 0) is 9.53 Å². The van der Waals surface area contributed by atoms with Gasteiger partial charge in [-0.15, -0.1) is 0 Å². The molecule has 4 N–H and O–H groups in total. The topological polar surface area (TPSA) is 111 Å². The molecule has 2 aliphatic heterocycles. The normalized spacial score (nSPS) is 20.3. The lowest BCUT2D eigenvalue weighted by molar-refractivity contribution is -0.116. The molecule has 2 atom stereocenters. The van der Waals surface area contributed by atoms with Crippen molar-refractivity contribution in [3.63, 3.8) is 0 Å². The number of imidazole rings is 1. The lowest BCUT2D eigenvalue weighted by atomic mass is 10.0. The van der Waals surface area contributed by atoms with Gasteiger partial charge in [0.1, 0.15) is 5.82 Å². The molecule has 39 heavy (non-hydrogen) atoms. The molecular formula is C29H31ClN6O3. The van der Waals surface area contributed by atoms with Crippen LogP contribution < -0.4 is 16.0 Å².